The van der Waals surface area contributed by atoms with E-state index in [1.54, 1.807) is 30.5 Å². The molecule has 20 heavy (non-hydrogen) atoms. The lowest BCUT2D eigenvalue weighted by Crippen LogP contribution is -2.32. The molecule has 6 nitrogen and oxygen atoms in total. The number of carbonyl (C=O) groups excluding carboxylic acids is 1. The van der Waals surface area contributed by atoms with E-state index in [9.17, 15) is 9.59 Å². The summed E-state index contributed by atoms with van der Waals surface area (Å²) in [6.45, 7) is 4.16. The van der Waals surface area contributed by atoms with Gasteiger partial charge in [-0.05, 0) is 5.41 Å². The summed E-state index contributed by atoms with van der Waals surface area (Å²) in [6, 6.07) is 0. The molecule has 0 saturated heterocycles. The second-order valence-corrected chi connectivity index (χ2v) is 5.82. The second kappa shape index (κ2) is 5.19. The monoisotopic (exact) mass is 277 g/mol. The van der Waals surface area contributed by atoms with Gasteiger partial charge in [-0.2, -0.15) is 0 Å². The van der Waals surface area contributed by atoms with Gasteiger partial charge in [-0.25, -0.2) is 0 Å². The van der Waals surface area contributed by atoms with Crippen molar-refractivity contribution in [2.24, 2.45) is 17.3 Å². The first-order valence-electron chi connectivity index (χ1n) is 6.58. The Bertz CT molecular complexity index is 516. The van der Waals surface area contributed by atoms with Crippen LogP contribution < -0.4 is 0 Å². The van der Waals surface area contributed by atoms with Gasteiger partial charge in [-0.15, -0.1) is 0 Å². The fraction of sp³-hybridized carbons (Fsp3) is 0.571. The van der Waals surface area contributed by atoms with Crippen molar-refractivity contribution in [1.29, 1.82) is 0 Å². The Hall–Kier alpha value is -1.98. The highest BCUT2D eigenvalue weighted by molar-refractivity contribution is 5.91. The van der Waals surface area contributed by atoms with Crippen molar-refractivity contribution in [3.05, 3.63) is 24.3 Å². The Morgan fingerprint density at radius 3 is 2.55 bits per heavy atom. The van der Waals surface area contributed by atoms with E-state index in [-0.39, 0.29) is 5.91 Å². The Balaban J connectivity index is 1.92. The van der Waals surface area contributed by atoms with Crippen LogP contribution in [0.3, 0.4) is 0 Å². The average molecular weight is 277 g/mol. The van der Waals surface area contributed by atoms with E-state index in [1.165, 1.54) is 0 Å². The molecule has 0 aliphatic heterocycles. The summed E-state index contributed by atoms with van der Waals surface area (Å²) < 4.78 is 0. The third kappa shape index (κ3) is 2.64. The molecule has 1 aliphatic rings. The molecular weight excluding hydrogens is 258 g/mol. The summed E-state index contributed by atoms with van der Waals surface area (Å²) in [5.41, 5.74) is 0.362. The zero-order valence-electron chi connectivity index (χ0n) is 11.9. The smallest absolute Gasteiger partial charge is 0.307 e. The minimum Gasteiger partial charge on any atom is -0.481 e. The topological polar surface area (TPSA) is 83.4 Å². The van der Waals surface area contributed by atoms with Crippen molar-refractivity contribution in [3.8, 4) is 0 Å². The predicted molar refractivity (Wildman–Crippen MR) is 71.8 cm³/mol. The minimum atomic E-state index is -0.893. The van der Waals surface area contributed by atoms with E-state index in [4.69, 9.17) is 5.11 Å². The summed E-state index contributed by atoms with van der Waals surface area (Å²) in [5, 5.41) is 9.11. The van der Waals surface area contributed by atoms with Gasteiger partial charge in [0.05, 0.1) is 17.5 Å². The Labute approximate surface area is 117 Å². The molecule has 108 valence electrons. The molecular formula is C14H19N3O3. The fourth-order valence-corrected chi connectivity index (χ4v) is 2.65. The maximum atomic E-state index is 12.3. The van der Waals surface area contributed by atoms with E-state index >= 15 is 0 Å². The van der Waals surface area contributed by atoms with Gasteiger partial charge in [0, 0.05) is 38.6 Å². The van der Waals surface area contributed by atoms with E-state index in [2.05, 4.69) is 9.97 Å². The molecule has 2 rings (SSSR count). The third-order valence-electron chi connectivity index (χ3n) is 4.06. The highest BCUT2D eigenvalue weighted by Gasteiger charge is 2.66. The molecule has 1 N–H and O–H groups in total. The molecule has 1 aromatic rings. The molecule has 0 spiro atoms. The normalized spacial score (nSPS) is 23.1. The standard InChI is InChI=1S/C14H19N3O3/c1-14(2)10(11(14)13(19)20)12(18)17(3)7-4-9-8-15-5-6-16-9/h5-6,8,10-11H,4,7H2,1-3H3,(H,19,20)/t10-,11+/m0/s1. The van der Waals surface area contributed by atoms with Gasteiger partial charge in [0.2, 0.25) is 5.91 Å². The van der Waals surface area contributed by atoms with Crippen LogP contribution in [0.4, 0.5) is 0 Å². The van der Waals surface area contributed by atoms with Crippen molar-refractivity contribution in [2.45, 2.75) is 20.3 Å². The van der Waals surface area contributed by atoms with Crippen molar-refractivity contribution < 1.29 is 14.7 Å². The number of carboxylic acid groups (broad SMARTS) is 1. The van der Waals surface area contributed by atoms with Crippen molar-refractivity contribution >= 4 is 11.9 Å². The molecule has 2 atom stereocenters. The number of aromatic nitrogens is 2. The van der Waals surface area contributed by atoms with Crippen LogP contribution >= 0.6 is 0 Å². The molecule has 0 bridgehead atoms. The first kappa shape index (κ1) is 14.4. The van der Waals surface area contributed by atoms with Crippen LogP contribution in [0.15, 0.2) is 18.6 Å². The lowest BCUT2D eigenvalue weighted by Gasteiger charge is -2.17. The first-order valence-corrected chi connectivity index (χ1v) is 6.58. The molecule has 0 radical (unpaired) electrons. The number of amides is 1. The van der Waals surface area contributed by atoms with Crippen molar-refractivity contribution in [1.82, 2.24) is 14.9 Å². The van der Waals surface area contributed by atoms with Crippen molar-refractivity contribution in [2.75, 3.05) is 13.6 Å². The van der Waals surface area contributed by atoms with Gasteiger partial charge < -0.3 is 10.0 Å². The van der Waals surface area contributed by atoms with E-state index in [0.29, 0.717) is 13.0 Å². The number of hydrogen-bond donors (Lipinski definition) is 1. The summed E-state index contributed by atoms with van der Waals surface area (Å²) in [4.78, 5) is 33.1. The molecule has 1 aliphatic carbocycles. The number of carboxylic acids is 1. The predicted octanol–water partition coefficient (Wildman–Crippen LogP) is 0.834. The highest BCUT2D eigenvalue weighted by Crippen LogP contribution is 2.58. The highest BCUT2D eigenvalue weighted by atomic mass is 16.4. The maximum Gasteiger partial charge on any atom is 0.307 e. The van der Waals surface area contributed by atoms with Gasteiger partial charge in [0.1, 0.15) is 0 Å². The maximum absolute atomic E-state index is 12.3. The lowest BCUT2D eigenvalue weighted by molar-refractivity contribution is -0.141. The van der Waals surface area contributed by atoms with Crippen molar-refractivity contribution in [3.63, 3.8) is 0 Å². The number of aliphatic carboxylic acids is 1. The largest absolute Gasteiger partial charge is 0.481 e. The molecule has 1 amide bonds. The number of likely N-dealkylation sites (N-methyl/N-ethyl adjacent to an activating group) is 1. The second-order valence-electron chi connectivity index (χ2n) is 5.82. The number of rotatable bonds is 5. The molecule has 1 saturated carbocycles. The van der Waals surface area contributed by atoms with Crippen LogP contribution in [0.1, 0.15) is 19.5 Å². The number of nitrogens with zero attached hydrogens (tertiary/aromatic N) is 3. The van der Waals surface area contributed by atoms with Gasteiger partial charge >= 0.3 is 5.97 Å². The third-order valence-corrected chi connectivity index (χ3v) is 4.06. The SMILES string of the molecule is CN(CCc1cnccn1)C(=O)[C@@H]1[C@H](C(=O)O)C1(C)C. The molecule has 1 aromatic heterocycles. The van der Waals surface area contributed by atoms with E-state index in [1.807, 2.05) is 13.8 Å². The summed E-state index contributed by atoms with van der Waals surface area (Å²) >= 11 is 0. The van der Waals surface area contributed by atoms with Gasteiger partial charge in [-0.1, -0.05) is 13.8 Å². The first-order chi connectivity index (χ1) is 9.35. The molecule has 1 fully saturated rings. The Morgan fingerprint density at radius 1 is 1.35 bits per heavy atom. The number of hydrogen-bond acceptors (Lipinski definition) is 4. The van der Waals surface area contributed by atoms with Crippen LogP contribution in [0.2, 0.25) is 0 Å². The molecule has 1 heterocycles. The molecule has 0 unspecified atom stereocenters. The molecule has 0 aromatic carbocycles. The minimum absolute atomic E-state index is 0.105. The average Bonchev–Trinajstić information content (AvgIpc) is 2.99. The van der Waals surface area contributed by atoms with Gasteiger partial charge in [0.25, 0.3) is 0 Å². The van der Waals surface area contributed by atoms with Crippen LogP contribution in [-0.2, 0) is 16.0 Å². The molecule has 6 heteroatoms. The summed E-state index contributed by atoms with van der Waals surface area (Å²) in [6.07, 6.45) is 5.49. The van der Waals surface area contributed by atoms with Crippen LogP contribution in [-0.4, -0.2) is 45.4 Å². The van der Waals surface area contributed by atoms with E-state index in [0.717, 1.165) is 5.69 Å². The number of carbonyl (C=O) groups is 2. The van der Waals surface area contributed by atoms with Crippen LogP contribution in [0.5, 0.6) is 0 Å². The Kier molecular flexibility index (Phi) is 3.74. The van der Waals surface area contributed by atoms with Crippen LogP contribution in [0.25, 0.3) is 0 Å². The zero-order chi connectivity index (χ0) is 14.9. The summed E-state index contributed by atoms with van der Waals surface area (Å²) in [5.74, 6) is -2.00. The van der Waals surface area contributed by atoms with Gasteiger partial charge in [-0.3, -0.25) is 19.6 Å². The quantitative estimate of drug-likeness (QED) is 0.862. The van der Waals surface area contributed by atoms with Crippen LogP contribution in [0, 0.1) is 17.3 Å². The Morgan fingerprint density at radius 2 is 2.05 bits per heavy atom. The van der Waals surface area contributed by atoms with Gasteiger partial charge in [0.15, 0.2) is 0 Å². The zero-order valence-corrected chi connectivity index (χ0v) is 11.9. The fourth-order valence-electron chi connectivity index (χ4n) is 2.65. The van der Waals surface area contributed by atoms with E-state index < -0.39 is 23.2 Å². The lowest BCUT2D eigenvalue weighted by atomic mass is 10.1. The summed E-state index contributed by atoms with van der Waals surface area (Å²) in [7, 11) is 1.70.